The van der Waals surface area contributed by atoms with Gasteiger partial charge in [-0.1, -0.05) is 30.3 Å². The van der Waals surface area contributed by atoms with Crippen molar-refractivity contribution in [1.29, 1.82) is 0 Å². The quantitative estimate of drug-likeness (QED) is 0.787. The van der Waals surface area contributed by atoms with Crippen LogP contribution in [-0.4, -0.2) is 46.7 Å². The molecule has 110 valence electrons. The maximum absolute atomic E-state index is 12.2. The summed E-state index contributed by atoms with van der Waals surface area (Å²) >= 11 is 0. The highest BCUT2D eigenvalue weighted by molar-refractivity contribution is 5.89. The number of nitrogens with zero attached hydrogens (tertiary/aromatic N) is 1. The van der Waals surface area contributed by atoms with Crippen LogP contribution in [0.3, 0.4) is 0 Å². The second-order valence-corrected chi connectivity index (χ2v) is 4.88. The molecule has 0 radical (unpaired) electrons. The van der Waals surface area contributed by atoms with Crippen LogP contribution in [0.15, 0.2) is 30.3 Å². The van der Waals surface area contributed by atoms with E-state index in [1.54, 1.807) is 44.2 Å². The highest BCUT2D eigenvalue weighted by Crippen LogP contribution is 2.28. The van der Waals surface area contributed by atoms with Crippen molar-refractivity contribution < 1.29 is 19.8 Å². The van der Waals surface area contributed by atoms with E-state index in [1.807, 2.05) is 0 Å². The van der Waals surface area contributed by atoms with Gasteiger partial charge in [0, 0.05) is 19.5 Å². The smallest absolute Gasteiger partial charge is 0.314 e. The summed E-state index contributed by atoms with van der Waals surface area (Å²) in [6.45, 7) is 3.89. The van der Waals surface area contributed by atoms with Crippen LogP contribution in [0.25, 0.3) is 0 Å². The van der Waals surface area contributed by atoms with E-state index in [-0.39, 0.29) is 25.5 Å². The number of hydrogen-bond acceptors (Lipinski definition) is 3. The van der Waals surface area contributed by atoms with Gasteiger partial charge in [-0.15, -0.1) is 0 Å². The second-order valence-electron chi connectivity index (χ2n) is 4.88. The van der Waals surface area contributed by atoms with Gasteiger partial charge < -0.3 is 15.1 Å². The first-order valence-electron chi connectivity index (χ1n) is 6.63. The van der Waals surface area contributed by atoms with Gasteiger partial charge in [-0.25, -0.2) is 0 Å². The molecule has 0 heterocycles. The molecular weight excluding hydrogens is 258 g/mol. The Balaban J connectivity index is 2.99. The number of aliphatic hydroxyl groups is 1. The third-order valence-electron chi connectivity index (χ3n) is 3.49. The van der Waals surface area contributed by atoms with Gasteiger partial charge in [0.1, 0.15) is 0 Å². The van der Waals surface area contributed by atoms with Crippen LogP contribution in [0, 0.1) is 0 Å². The molecule has 0 aromatic heterocycles. The van der Waals surface area contributed by atoms with Gasteiger partial charge in [0.25, 0.3) is 0 Å². The monoisotopic (exact) mass is 279 g/mol. The molecule has 0 spiro atoms. The maximum Gasteiger partial charge on any atom is 0.314 e. The molecule has 5 nitrogen and oxygen atoms in total. The van der Waals surface area contributed by atoms with Crippen LogP contribution in [0.2, 0.25) is 0 Å². The largest absolute Gasteiger partial charge is 0.481 e. The third kappa shape index (κ3) is 3.57. The maximum atomic E-state index is 12.2. The van der Waals surface area contributed by atoms with Crippen molar-refractivity contribution in [3.05, 3.63) is 35.9 Å². The topological polar surface area (TPSA) is 77.8 Å². The highest BCUT2D eigenvalue weighted by atomic mass is 16.4. The number of likely N-dealkylation sites (N-methyl/N-ethyl adjacent to an activating group) is 1. The molecule has 1 aromatic rings. The average molecular weight is 279 g/mol. The van der Waals surface area contributed by atoms with E-state index in [1.165, 1.54) is 4.90 Å². The summed E-state index contributed by atoms with van der Waals surface area (Å²) in [7, 11) is 0. The molecule has 2 N–H and O–H groups in total. The molecular formula is C15H21NO4. The molecule has 0 fully saturated rings. The first kappa shape index (κ1) is 16.2. The lowest BCUT2D eigenvalue weighted by molar-refractivity contribution is -0.147. The molecule has 0 saturated heterocycles. The fraction of sp³-hybridized carbons (Fsp3) is 0.467. The zero-order valence-electron chi connectivity index (χ0n) is 11.9. The number of aliphatic carboxylic acids is 1. The molecule has 0 aliphatic carbocycles. The van der Waals surface area contributed by atoms with Gasteiger partial charge in [-0.2, -0.15) is 0 Å². The lowest BCUT2D eigenvalue weighted by Gasteiger charge is -2.28. The molecule has 1 aromatic carbocycles. The number of carboxylic acids is 1. The average Bonchev–Trinajstić information content (AvgIpc) is 2.45. The molecule has 5 heteroatoms. The summed E-state index contributed by atoms with van der Waals surface area (Å²) in [5.41, 5.74) is -0.665. The Kier molecular flexibility index (Phi) is 5.70. The second kappa shape index (κ2) is 7.05. The summed E-state index contributed by atoms with van der Waals surface area (Å²) in [6.07, 6.45) is -0.125. The summed E-state index contributed by atoms with van der Waals surface area (Å²) < 4.78 is 0. The van der Waals surface area contributed by atoms with E-state index in [0.29, 0.717) is 12.1 Å². The predicted molar refractivity (Wildman–Crippen MR) is 75.4 cm³/mol. The number of carbonyl (C=O) groups excluding carboxylic acids is 1. The molecule has 1 rings (SSSR count). The fourth-order valence-electron chi connectivity index (χ4n) is 2.10. The van der Waals surface area contributed by atoms with Crippen molar-refractivity contribution in [3.63, 3.8) is 0 Å². The minimum absolute atomic E-state index is 0.125. The number of hydrogen-bond donors (Lipinski definition) is 2. The summed E-state index contributed by atoms with van der Waals surface area (Å²) in [5.74, 6) is -1.30. The summed E-state index contributed by atoms with van der Waals surface area (Å²) in [6, 6.07) is 8.74. The first-order valence-corrected chi connectivity index (χ1v) is 6.63. The normalized spacial score (nSPS) is 13.6. The van der Waals surface area contributed by atoms with Crippen LogP contribution >= 0.6 is 0 Å². The minimum Gasteiger partial charge on any atom is -0.481 e. The summed E-state index contributed by atoms with van der Waals surface area (Å²) in [4.78, 5) is 25.3. The SMILES string of the molecule is CCN(CCO)C(=O)CC(C)(C(=O)O)c1ccccc1. The number of carbonyl (C=O) groups is 2. The van der Waals surface area contributed by atoms with Crippen LogP contribution < -0.4 is 0 Å². The van der Waals surface area contributed by atoms with E-state index in [2.05, 4.69) is 0 Å². The summed E-state index contributed by atoms with van der Waals surface area (Å²) in [5, 5.41) is 18.4. The lowest BCUT2D eigenvalue weighted by atomic mass is 9.79. The minimum atomic E-state index is -1.26. The molecule has 20 heavy (non-hydrogen) atoms. The fourth-order valence-corrected chi connectivity index (χ4v) is 2.10. The van der Waals surface area contributed by atoms with Crippen LogP contribution in [0.4, 0.5) is 0 Å². The van der Waals surface area contributed by atoms with Crippen molar-refractivity contribution in [1.82, 2.24) is 4.90 Å². The van der Waals surface area contributed by atoms with Crippen molar-refractivity contribution in [2.24, 2.45) is 0 Å². The Morgan fingerprint density at radius 1 is 1.25 bits per heavy atom. The van der Waals surface area contributed by atoms with Gasteiger partial charge >= 0.3 is 5.97 Å². The van der Waals surface area contributed by atoms with E-state index in [0.717, 1.165) is 0 Å². The number of amides is 1. The molecule has 0 aliphatic heterocycles. The predicted octanol–water partition coefficient (Wildman–Crippen LogP) is 1.26. The van der Waals surface area contributed by atoms with Crippen LogP contribution in [0.1, 0.15) is 25.8 Å². The van der Waals surface area contributed by atoms with Crippen molar-refractivity contribution in [2.45, 2.75) is 25.7 Å². The van der Waals surface area contributed by atoms with E-state index >= 15 is 0 Å². The molecule has 1 unspecified atom stereocenters. The van der Waals surface area contributed by atoms with Gasteiger partial charge in [0.15, 0.2) is 0 Å². The first-order chi connectivity index (χ1) is 9.45. The number of rotatable bonds is 7. The van der Waals surface area contributed by atoms with Crippen molar-refractivity contribution in [3.8, 4) is 0 Å². The molecule has 1 atom stereocenters. The Morgan fingerprint density at radius 3 is 2.30 bits per heavy atom. The van der Waals surface area contributed by atoms with Crippen LogP contribution in [0.5, 0.6) is 0 Å². The number of aliphatic hydroxyl groups excluding tert-OH is 1. The molecule has 0 aliphatic rings. The Labute approximate surface area is 118 Å². The van der Waals surface area contributed by atoms with Gasteiger partial charge in [-0.05, 0) is 19.4 Å². The van der Waals surface area contributed by atoms with Gasteiger partial charge in [0.2, 0.25) is 5.91 Å². The Morgan fingerprint density at radius 2 is 1.85 bits per heavy atom. The lowest BCUT2D eigenvalue weighted by Crippen LogP contribution is -2.41. The zero-order chi connectivity index (χ0) is 15.2. The van der Waals surface area contributed by atoms with E-state index < -0.39 is 11.4 Å². The van der Waals surface area contributed by atoms with Crippen molar-refractivity contribution in [2.75, 3.05) is 19.7 Å². The van der Waals surface area contributed by atoms with Crippen molar-refractivity contribution >= 4 is 11.9 Å². The number of benzene rings is 1. The van der Waals surface area contributed by atoms with Crippen LogP contribution in [-0.2, 0) is 15.0 Å². The Hall–Kier alpha value is -1.88. The molecule has 0 saturated carbocycles. The zero-order valence-corrected chi connectivity index (χ0v) is 11.9. The Bertz CT molecular complexity index is 460. The number of carboxylic acid groups (broad SMARTS) is 1. The molecule has 1 amide bonds. The van der Waals surface area contributed by atoms with E-state index in [9.17, 15) is 14.7 Å². The van der Waals surface area contributed by atoms with Gasteiger partial charge in [0.05, 0.1) is 12.0 Å². The van der Waals surface area contributed by atoms with E-state index in [4.69, 9.17) is 5.11 Å². The molecule has 0 bridgehead atoms. The van der Waals surface area contributed by atoms with Gasteiger partial charge in [-0.3, -0.25) is 9.59 Å². The third-order valence-corrected chi connectivity index (χ3v) is 3.49. The standard InChI is InChI=1S/C15H21NO4/c1-3-16(9-10-17)13(18)11-15(2,14(19)20)12-7-5-4-6-8-12/h4-8,17H,3,9-11H2,1-2H3,(H,19,20). The highest BCUT2D eigenvalue weighted by Gasteiger charge is 2.38.